The number of esters is 2. The first-order chi connectivity index (χ1) is 30.5. The van der Waals surface area contributed by atoms with Crippen LogP contribution in [0.4, 0.5) is 0 Å². The maximum atomic E-state index is 14.4. The summed E-state index contributed by atoms with van der Waals surface area (Å²) in [6.45, 7) is 19.4. The van der Waals surface area contributed by atoms with Crippen LogP contribution < -0.4 is 0 Å². The number of carbonyl (C=O) groups excluding carboxylic acids is 2. The van der Waals surface area contributed by atoms with Gasteiger partial charge in [-0.1, -0.05) is 20.8 Å². The Labute approximate surface area is 386 Å². The summed E-state index contributed by atoms with van der Waals surface area (Å²) in [6, 6.07) is -0.580. The van der Waals surface area contributed by atoms with Gasteiger partial charge in [0.15, 0.2) is 18.7 Å². The molecule has 0 aromatic heterocycles. The number of carbonyl (C=O) groups is 2. The summed E-state index contributed by atoms with van der Waals surface area (Å²) >= 11 is 0. The molecule has 0 aliphatic carbocycles. The molecule has 0 spiro atoms. The van der Waals surface area contributed by atoms with Gasteiger partial charge in [-0.25, -0.2) is 4.79 Å². The third kappa shape index (κ3) is 16.8. The van der Waals surface area contributed by atoms with Crippen molar-refractivity contribution in [1.82, 2.24) is 4.90 Å². The fraction of sp³-hybridized carbons (Fsp3) is 0.957. The third-order valence-corrected chi connectivity index (χ3v) is 13.3. The predicted octanol–water partition coefficient (Wildman–Crippen LogP) is 1.97. The number of hydrogen-bond donors (Lipinski definition) is 5. The van der Waals surface area contributed by atoms with Gasteiger partial charge in [-0.2, -0.15) is 0 Å². The Kier molecular flexibility index (Phi) is 23.9. The van der Waals surface area contributed by atoms with Gasteiger partial charge < -0.3 is 82.5 Å². The second kappa shape index (κ2) is 26.9. The molecule has 17 atom stereocenters. The topological polar surface area (TPSA) is 240 Å². The van der Waals surface area contributed by atoms with Crippen molar-refractivity contribution < 1.29 is 87.2 Å². The van der Waals surface area contributed by atoms with Crippen LogP contribution in [0, 0.1) is 17.8 Å². The van der Waals surface area contributed by atoms with Crippen LogP contribution in [0.5, 0.6) is 0 Å². The van der Waals surface area contributed by atoms with Gasteiger partial charge in [0.25, 0.3) is 0 Å². The molecule has 3 aliphatic heterocycles. The zero-order valence-corrected chi connectivity index (χ0v) is 41.2. The average Bonchev–Trinajstić information content (AvgIpc) is 3.24. The zero-order chi connectivity index (χ0) is 48.7. The molecule has 3 unspecified atom stereocenters. The standard InChI is InChI=1S/C46H85NO18/c1-13-35-46(10,54)39(50)32(6)47(11)26-28(2)24-44(8,53)41(30(4)38(31(5)42(52)63-35)64-37-25-45(9,55-12)40(51)33(7)61-37)65-43-34(15-14-29(3)60-43)62-36(49)27-59-23-22-58-21-20-57-19-18-56-17-16-48/h28-35,37-41,43,48,50-51,53-54H,13-27H2,1-12H3/t28-,29?,30+,31-,32-,33+,34?,35-,37+,38+,39-,40+,41-,43?,44-,45-,46-/m1/s1. The number of likely N-dealkylation sites (N-methyl/N-ethyl adjacent to an activating group) is 1. The van der Waals surface area contributed by atoms with Gasteiger partial charge >= 0.3 is 11.9 Å². The molecular formula is C46H85NO18. The summed E-state index contributed by atoms with van der Waals surface area (Å²) in [5, 5.41) is 55.9. The number of aliphatic hydroxyl groups excluding tert-OH is 3. The lowest BCUT2D eigenvalue weighted by molar-refractivity contribution is -0.315. The molecule has 0 amide bonds. The van der Waals surface area contributed by atoms with Crippen molar-refractivity contribution in [2.75, 3.05) is 80.2 Å². The second-order valence-electron chi connectivity index (χ2n) is 19.1. The molecule has 382 valence electrons. The Hall–Kier alpha value is -1.66. The Morgan fingerprint density at radius 1 is 0.831 bits per heavy atom. The summed E-state index contributed by atoms with van der Waals surface area (Å²) in [5.41, 5.74) is -4.54. The van der Waals surface area contributed by atoms with Crippen LogP contribution in [0.3, 0.4) is 0 Å². The maximum Gasteiger partial charge on any atom is 0.332 e. The molecule has 19 heteroatoms. The van der Waals surface area contributed by atoms with Crippen molar-refractivity contribution >= 4 is 11.9 Å². The van der Waals surface area contributed by atoms with Gasteiger partial charge in [-0.3, -0.25) is 4.79 Å². The largest absolute Gasteiger partial charge is 0.459 e. The lowest BCUT2D eigenvalue weighted by Gasteiger charge is -2.48. The Morgan fingerprint density at radius 2 is 1.43 bits per heavy atom. The highest BCUT2D eigenvalue weighted by atomic mass is 16.7. The van der Waals surface area contributed by atoms with E-state index in [0.29, 0.717) is 45.8 Å². The lowest BCUT2D eigenvalue weighted by Crippen LogP contribution is -2.59. The van der Waals surface area contributed by atoms with Gasteiger partial charge in [0.05, 0.1) is 94.4 Å². The van der Waals surface area contributed by atoms with E-state index in [1.165, 1.54) is 14.0 Å². The van der Waals surface area contributed by atoms with Crippen LogP contribution in [0.25, 0.3) is 0 Å². The Balaban J connectivity index is 1.93. The van der Waals surface area contributed by atoms with Crippen LogP contribution in [-0.4, -0.2) is 207 Å². The van der Waals surface area contributed by atoms with Crippen LogP contribution in [0.1, 0.15) is 101 Å². The molecule has 0 radical (unpaired) electrons. The minimum absolute atomic E-state index is 0.0452. The molecule has 0 aromatic rings. The average molecular weight is 940 g/mol. The van der Waals surface area contributed by atoms with Crippen LogP contribution in [-0.2, 0) is 61.7 Å². The highest BCUT2D eigenvalue weighted by Crippen LogP contribution is 2.40. The molecular weight excluding hydrogens is 854 g/mol. The van der Waals surface area contributed by atoms with Crippen molar-refractivity contribution in [2.24, 2.45) is 17.8 Å². The quantitative estimate of drug-likeness (QED) is 0.0866. The number of methoxy groups -OCH3 is 1. The summed E-state index contributed by atoms with van der Waals surface area (Å²) in [7, 11) is 3.31. The Morgan fingerprint density at radius 3 is 2.02 bits per heavy atom. The fourth-order valence-corrected chi connectivity index (χ4v) is 9.32. The highest BCUT2D eigenvalue weighted by Gasteiger charge is 2.52. The van der Waals surface area contributed by atoms with Crippen LogP contribution >= 0.6 is 0 Å². The van der Waals surface area contributed by atoms with E-state index in [9.17, 15) is 30.0 Å². The molecule has 3 fully saturated rings. The fourth-order valence-electron chi connectivity index (χ4n) is 9.32. The van der Waals surface area contributed by atoms with E-state index >= 15 is 0 Å². The van der Waals surface area contributed by atoms with E-state index in [1.807, 2.05) is 25.8 Å². The highest BCUT2D eigenvalue weighted by molar-refractivity contribution is 5.73. The lowest BCUT2D eigenvalue weighted by atomic mass is 9.77. The summed E-state index contributed by atoms with van der Waals surface area (Å²) in [6.07, 6.45) is -8.24. The van der Waals surface area contributed by atoms with Gasteiger partial charge in [0.1, 0.15) is 30.5 Å². The second-order valence-corrected chi connectivity index (χ2v) is 19.1. The van der Waals surface area contributed by atoms with E-state index in [0.717, 1.165) is 0 Å². The summed E-state index contributed by atoms with van der Waals surface area (Å²) < 4.78 is 65.5. The number of nitrogens with zero attached hydrogens (tertiary/aromatic N) is 1. The molecule has 0 bridgehead atoms. The normalized spacial score (nSPS) is 40.7. The van der Waals surface area contributed by atoms with E-state index in [2.05, 4.69) is 0 Å². The number of ether oxygens (including phenoxy) is 11. The van der Waals surface area contributed by atoms with Crippen molar-refractivity contribution in [2.45, 2.75) is 186 Å². The first-order valence-electron chi connectivity index (χ1n) is 23.5. The Bertz CT molecular complexity index is 1390. The third-order valence-electron chi connectivity index (χ3n) is 13.3. The molecule has 65 heavy (non-hydrogen) atoms. The minimum Gasteiger partial charge on any atom is -0.459 e. The SMILES string of the molecule is CC[C@H]1OC(=O)[C@H](C)[C@@H](O[C@H]2C[C@@](C)(OC)[C@@H](O)[C@H](C)O2)[C@H](C)[C@@H](OC2OC(C)CCC2OC(=O)COCCOCCOCCOCCO)[C@](C)(O)C[C@@H](C)CN(C)[C@H](C)[C@@H](O)[C@]1(C)O. The van der Waals surface area contributed by atoms with Crippen molar-refractivity contribution in [3.05, 3.63) is 0 Å². The maximum absolute atomic E-state index is 14.4. The van der Waals surface area contributed by atoms with Gasteiger partial charge in [-0.05, 0) is 87.1 Å². The van der Waals surface area contributed by atoms with Crippen LogP contribution in [0.15, 0.2) is 0 Å². The summed E-state index contributed by atoms with van der Waals surface area (Å²) in [4.78, 5) is 29.5. The van der Waals surface area contributed by atoms with E-state index < -0.39 is 102 Å². The monoisotopic (exact) mass is 940 g/mol. The molecule has 3 saturated heterocycles. The van der Waals surface area contributed by atoms with Gasteiger partial charge in [0.2, 0.25) is 0 Å². The molecule has 19 nitrogen and oxygen atoms in total. The predicted molar refractivity (Wildman–Crippen MR) is 236 cm³/mol. The van der Waals surface area contributed by atoms with E-state index in [1.54, 1.807) is 48.5 Å². The molecule has 3 heterocycles. The minimum atomic E-state index is -1.84. The first-order valence-corrected chi connectivity index (χ1v) is 23.5. The number of cyclic esters (lactones) is 1. The van der Waals surface area contributed by atoms with E-state index in [4.69, 9.17) is 57.2 Å². The molecule has 3 aliphatic rings. The smallest absolute Gasteiger partial charge is 0.332 e. The van der Waals surface area contributed by atoms with Crippen molar-refractivity contribution in [3.63, 3.8) is 0 Å². The van der Waals surface area contributed by atoms with E-state index in [-0.39, 0.29) is 64.3 Å². The molecule has 0 saturated carbocycles. The molecule has 0 aromatic carbocycles. The number of hydrogen-bond acceptors (Lipinski definition) is 19. The van der Waals surface area contributed by atoms with Gasteiger partial charge in [-0.15, -0.1) is 0 Å². The van der Waals surface area contributed by atoms with Crippen molar-refractivity contribution in [1.29, 1.82) is 0 Å². The zero-order valence-electron chi connectivity index (χ0n) is 41.2. The number of rotatable bonds is 20. The number of aliphatic hydroxyl groups is 5. The van der Waals surface area contributed by atoms with Crippen molar-refractivity contribution in [3.8, 4) is 0 Å². The summed E-state index contributed by atoms with van der Waals surface area (Å²) in [5.74, 6) is -3.46. The molecule has 3 rings (SSSR count). The van der Waals surface area contributed by atoms with Crippen LogP contribution in [0.2, 0.25) is 0 Å². The van der Waals surface area contributed by atoms with Gasteiger partial charge in [0, 0.05) is 32.0 Å². The first kappa shape index (κ1) is 57.7. The molecule has 5 N–H and O–H groups in total.